The standard InChI is InChI=1S/C15H14N4S/c1-10-14(20-11(2)17-10)13-8-9-16-15(19-13)18-12-6-4-3-5-7-12/h3-9H,1-2H3,(H,16,18,19). The second kappa shape index (κ2) is 5.38. The van der Waals surface area contributed by atoms with Crippen molar-refractivity contribution in [3.8, 4) is 10.6 Å². The Bertz CT molecular complexity index is 722. The van der Waals surface area contributed by atoms with Gasteiger partial charge in [-0.2, -0.15) is 0 Å². The third-order valence-electron chi connectivity index (χ3n) is 2.82. The molecule has 2 aromatic heterocycles. The summed E-state index contributed by atoms with van der Waals surface area (Å²) in [5.41, 5.74) is 2.89. The van der Waals surface area contributed by atoms with Gasteiger partial charge in [0.15, 0.2) is 0 Å². The molecule has 2 heterocycles. The van der Waals surface area contributed by atoms with Crippen LogP contribution in [0.2, 0.25) is 0 Å². The van der Waals surface area contributed by atoms with Crippen LogP contribution in [0.1, 0.15) is 10.7 Å². The molecule has 0 saturated carbocycles. The van der Waals surface area contributed by atoms with Crippen LogP contribution in [-0.2, 0) is 0 Å². The number of benzene rings is 1. The first-order valence-electron chi connectivity index (χ1n) is 6.32. The SMILES string of the molecule is Cc1nc(C)c(-c2ccnc(Nc3ccccc3)n2)s1. The van der Waals surface area contributed by atoms with Crippen LogP contribution in [-0.4, -0.2) is 15.0 Å². The summed E-state index contributed by atoms with van der Waals surface area (Å²) in [4.78, 5) is 14.4. The van der Waals surface area contributed by atoms with Crippen LogP contribution in [0.4, 0.5) is 11.6 Å². The zero-order valence-electron chi connectivity index (χ0n) is 11.3. The van der Waals surface area contributed by atoms with E-state index in [9.17, 15) is 0 Å². The maximum Gasteiger partial charge on any atom is 0.227 e. The lowest BCUT2D eigenvalue weighted by Crippen LogP contribution is -1.97. The summed E-state index contributed by atoms with van der Waals surface area (Å²) >= 11 is 1.65. The molecule has 0 aliphatic carbocycles. The van der Waals surface area contributed by atoms with E-state index < -0.39 is 0 Å². The first-order chi connectivity index (χ1) is 9.72. The lowest BCUT2D eigenvalue weighted by atomic mass is 10.3. The van der Waals surface area contributed by atoms with E-state index in [1.165, 1.54) is 0 Å². The lowest BCUT2D eigenvalue weighted by molar-refractivity contribution is 1.16. The number of hydrogen-bond acceptors (Lipinski definition) is 5. The number of para-hydroxylation sites is 1. The fourth-order valence-electron chi connectivity index (χ4n) is 1.96. The van der Waals surface area contributed by atoms with Gasteiger partial charge in [-0.1, -0.05) is 18.2 Å². The van der Waals surface area contributed by atoms with E-state index in [1.807, 2.05) is 50.2 Å². The highest BCUT2D eigenvalue weighted by Gasteiger charge is 2.09. The molecule has 1 aromatic carbocycles. The topological polar surface area (TPSA) is 50.7 Å². The van der Waals surface area contributed by atoms with Crippen molar-refractivity contribution < 1.29 is 0 Å². The second-order valence-corrected chi connectivity index (χ2v) is 5.61. The summed E-state index contributed by atoms with van der Waals surface area (Å²) in [6.45, 7) is 4.01. The maximum absolute atomic E-state index is 4.56. The van der Waals surface area contributed by atoms with Crippen molar-refractivity contribution in [3.05, 3.63) is 53.3 Å². The average Bonchev–Trinajstić information content (AvgIpc) is 2.79. The molecule has 0 amide bonds. The Hall–Kier alpha value is -2.27. The molecule has 0 spiro atoms. The molecule has 5 heteroatoms. The number of thiazole rings is 1. The van der Waals surface area contributed by atoms with Crippen LogP contribution in [0.5, 0.6) is 0 Å². The largest absolute Gasteiger partial charge is 0.324 e. The smallest absolute Gasteiger partial charge is 0.227 e. The van der Waals surface area contributed by atoms with Crippen LogP contribution >= 0.6 is 11.3 Å². The fraction of sp³-hybridized carbons (Fsp3) is 0.133. The van der Waals surface area contributed by atoms with Crippen molar-refractivity contribution in [1.82, 2.24) is 15.0 Å². The van der Waals surface area contributed by atoms with Gasteiger partial charge in [0.1, 0.15) is 0 Å². The number of aryl methyl sites for hydroxylation is 2. The number of nitrogens with zero attached hydrogens (tertiary/aromatic N) is 3. The molecule has 0 fully saturated rings. The van der Waals surface area contributed by atoms with Crippen LogP contribution < -0.4 is 5.32 Å². The first kappa shape index (κ1) is 12.7. The molecule has 100 valence electrons. The summed E-state index contributed by atoms with van der Waals surface area (Å²) in [7, 11) is 0. The van der Waals surface area contributed by atoms with Gasteiger partial charge in [-0.25, -0.2) is 15.0 Å². The second-order valence-electron chi connectivity index (χ2n) is 4.40. The lowest BCUT2D eigenvalue weighted by Gasteiger charge is -2.05. The first-order valence-corrected chi connectivity index (χ1v) is 7.13. The van der Waals surface area contributed by atoms with Gasteiger partial charge >= 0.3 is 0 Å². The summed E-state index contributed by atoms with van der Waals surface area (Å²) in [5.74, 6) is 0.596. The predicted molar refractivity (Wildman–Crippen MR) is 82.3 cm³/mol. The van der Waals surface area contributed by atoms with E-state index in [4.69, 9.17) is 0 Å². The number of aromatic nitrogens is 3. The van der Waals surface area contributed by atoms with Gasteiger partial charge in [0, 0.05) is 11.9 Å². The Kier molecular flexibility index (Phi) is 3.43. The third-order valence-corrected chi connectivity index (χ3v) is 3.92. The number of hydrogen-bond donors (Lipinski definition) is 1. The highest BCUT2D eigenvalue weighted by molar-refractivity contribution is 7.15. The van der Waals surface area contributed by atoms with Crippen molar-refractivity contribution in [2.45, 2.75) is 13.8 Å². The van der Waals surface area contributed by atoms with Crippen molar-refractivity contribution in [2.75, 3.05) is 5.32 Å². The molecule has 0 aliphatic heterocycles. The molecule has 0 atom stereocenters. The van der Waals surface area contributed by atoms with E-state index in [1.54, 1.807) is 17.5 Å². The fourth-order valence-corrected chi connectivity index (χ4v) is 2.85. The molecule has 3 aromatic rings. The zero-order chi connectivity index (χ0) is 13.9. The van der Waals surface area contributed by atoms with E-state index >= 15 is 0 Å². The van der Waals surface area contributed by atoms with Gasteiger partial charge in [-0.05, 0) is 32.0 Å². The van der Waals surface area contributed by atoms with Gasteiger partial charge in [0.05, 0.1) is 21.3 Å². The molecular weight excluding hydrogens is 268 g/mol. The van der Waals surface area contributed by atoms with Gasteiger partial charge in [-0.3, -0.25) is 0 Å². The molecule has 3 rings (SSSR count). The van der Waals surface area contributed by atoms with E-state index in [-0.39, 0.29) is 0 Å². The summed E-state index contributed by atoms with van der Waals surface area (Å²) in [6.07, 6.45) is 1.77. The van der Waals surface area contributed by atoms with Crippen LogP contribution in [0.25, 0.3) is 10.6 Å². The predicted octanol–water partition coefficient (Wildman–Crippen LogP) is 3.96. The number of anilines is 2. The van der Waals surface area contributed by atoms with Crippen LogP contribution in [0, 0.1) is 13.8 Å². The highest BCUT2D eigenvalue weighted by Crippen LogP contribution is 2.28. The van der Waals surface area contributed by atoms with E-state index in [2.05, 4.69) is 20.3 Å². The Morgan fingerprint density at radius 2 is 1.80 bits per heavy atom. The minimum absolute atomic E-state index is 0.596. The van der Waals surface area contributed by atoms with Crippen molar-refractivity contribution in [1.29, 1.82) is 0 Å². The van der Waals surface area contributed by atoms with Gasteiger partial charge in [0.2, 0.25) is 5.95 Å². The van der Waals surface area contributed by atoms with Gasteiger partial charge < -0.3 is 5.32 Å². The number of nitrogens with one attached hydrogen (secondary N) is 1. The Balaban J connectivity index is 1.92. The molecule has 0 unspecified atom stereocenters. The summed E-state index contributed by atoms with van der Waals surface area (Å²) < 4.78 is 0. The third kappa shape index (κ3) is 2.67. The molecule has 0 aliphatic rings. The molecule has 20 heavy (non-hydrogen) atoms. The van der Waals surface area contributed by atoms with E-state index in [0.717, 1.165) is 27.0 Å². The normalized spacial score (nSPS) is 10.5. The van der Waals surface area contributed by atoms with E-state index in [0.29, 0.717) is 5.95 Å². The monoisotopic (exact) mass is 282 g/mol. The zero-order valence-corrected chi connectivity index (χ0v) is 12.1. The molecule has 0 bridgehead atoms. The molecule has 0 saturated heterocycles. The Morgan fingerprint density at radius 1 is 1.00 bits per heavy atom. The maximum atomic E-state index is 4.56. The Labute approximate surface area is 121 Å². The summed E-state index contributed by atoms with van der Waals surface area (Å²) in [6, 6.07) is 11.8. The molecular formula is C15H14N4S. The van der Waals surface area contributed by atoms with Gasteiger partial charge in [0.25, 0.3) is 0 Å². The molecule has 4 nitrogen and oxygen atoms in total. The minimum Gasteiger partial charge on any atom is -0.324 e. The number of rotatable bonds is 3. The van der Waals surface area contributed by atoms with Crippen molar-refractivity contribution >= 4 is 23.0 Å². The molecule has 0 radical (unpaired) electrons. The minimum atomic E-state index is 0.596. The Morgan fingerprint density at radius 3 is 2.50 bits per heavy atom. The van der Waals surface area contributed by atoms with Crippen LogP contribution in [0.3, 0.4) is 0 Å². The van der Waals surface area contributed by atoms with Crippen LogP contribution in [0.15, 0.2) is 42.6 Å². The quantitative estimate of drug-likeness (QED) is 0.790. The van der Waals surface area contributed by atoms with Crippen molar-refractivity contribution in [3.63, 3.8) is 0 Å². The average molecular weight is 282 g/mol. The molecule has 1 N–H and O–H groups in total. The highest BCUT2D eigenvalue weighted by atomic mass is 32.1. The summed E-state index contributed by atoms with van der Waals surface area (Å²) in [5, 5.41) is 4.25. The van der Waals surface area contributed by atoms with Gasteiger partial charge in [-0.15, -0.1) is 11.3 Å². The van der Waals surface area contributed by atoms with Crippen molar-refractivity contribution in [2.24, 2.45) is 0 Å².